The van der Waals surface area contributed by atoms with Crippen LogP contribution in [0.25, 0.3) is 0 Å². The van der Waals surface area contributed by atoms with Gasteiger partial charge in [-0.25, -0.2) is 5.01 Å². The van der Waals surface area contributed by atoms with Gasteiger partial charge in [-0.05, 0) is 34.7 Å². The average molecular weight is 461 g/mol. The van der Waals surface area contributed by atoms with Crippen molar-refractivity contribution in [2.75, 3.05) is 0 Å². The van der Waals surface area contributed by atoms with Gasteiger partial charge in [0.1, 0.15) is 5.75 Å². The summed E-state index contributed by atoms with van der Waals surface area (Å²) in [7, 11) is 0. The van der Waals surface area contributed by atoms with E-state index in [1.807, 2.05) is 12.1 Å². The van der Waals surface area contributed by atoms with E-state index in [9.17, 15) is 0 Å². The zero-order chi connectivity index (χ0) is 20.9. The number of nitrogens with zero attached hydrogens (tertiary/aromatic N) is 2. The molecule has 2 unspecified atom stereocenters. The first-order chi connectivity index (χ1) is 14.4. The fourth-order valence-electron chi connectivity index (χ4n) is 4.23. The van der Waals surface area contributed by atoms with Crippen LogP contribution in [-0.2, 0) is 5.41 Å². The topological polar surface area (TPSA) is 24.8 Å². The Kier molecular flexibility index (Phi) is 4.70. The zero-order valence-corrected chi connectivity index (χ0v) is 19.1. The normalized spacial score (nSPS) is 20.3. The van der Waals surface area contributed by atoms with Crippen LogP contribution in [0.1, 0.15) is 61.7 Å². The number of ether oxygens (including phenoxy) is 1. The van der Waals surface area contributed by atoms with Gasteiger partial charge in [0.2, 0.25) is 6.23 Å². The van der Waals surface area contributed by atoms with Gasteiger partial charge in [-0.2, -0.15) is 5.10 Å². The Bertz CT molecular complexity index is 1100. The third kappa shape index (κ3) is 3.43. The highest BCUT2D eigenvalue weighted by atomic mass is 79.9. The summed E-state index contributed by atoms with van der Waals surface area (Å²) >= 11 is 3.62. The van der Waals surface area contributed by atoms with E-state index in [0.717, 1.165) is 27.9 Å². The van der Waals surface area contributed by atoms with E-state index in [-0.39, 0.29) is 17.7 Å². The predicted molar refractivity (Wildman–Crippen MR) is 125 cm³/mol. The Morgan fingerprint density at radius 2 is 1.70 bits per heavy atom. The maximum atomic E-state index is 6.49. The number of halogens is 1. The molecule has 5 rings (SSSR count). The van der Waals surface area contributed by atoms with E-state index in [1.54, 1.807) is 0 Å². The molecule has 0 fully saturated rings. The number of hydrogen-bond acceptors (Lipinski definition) is 3. The van der Waals surface area contributed by atoms with Crippen molar-refractivity contribution in [1.29, 1.82) is 0 Å². The Hall–Kier alpha value is -2.59. The van der Waals surface area contributed by atoms with Crippen LogP contribution in [-0.4, -0.2) is 10.7 Å². The van der Waals surface area contributed by atoms with Crippen molar-refractivity contribution in [3.05, 3.63) is 99.5 Å². The second kappa shape index (κ2) is 7.28. The van der Waals surface area contributed by atoms with E-state index in [0.29, 0.717) is 0 Å². The lowest BCUT2D eigenvalue weighted by Crippen LogP contribution is -2.33. The van der Waals surface area contributed by atoms with Crippen LogP contribution in [0, 0.1) is 0 Å². The summed E-state index contributed by atoms with van der Waals surface area (Å²) in [5.74, 6) is 0.939. The van der Waals surface area contributed by atoms with Crippen molar-refractivity contribution < 1.29 is 4.74 Å². The van der Waals surface area contributed by atoms with Gasteiger partial charge in [0.25, 0.3) is 0 Å². The van der Waals surface area contributed by atoms with Crippen molar-refractivity contribution >= 4 is 21.6 Å². The van der Waals surface area contributed by atoms with E-state index in [2.05, 4.69) is 102 Å². The molecule has 3 aromatic rings. The Labute approximate surface area is 186 Å². The highest BCUT2D eigenvalue weighted by molar-refractivity contribution is 9.10. The largest absolute Gasteiger partial charge is 0.464 e. The molecule has 0 radical (unpaired) electrons. The molecule has 0 saturated carbocycles. The van der Waals surface area contributed by atoms with Gasteiger partial charge in [-0.3, -0.25) is 0 Å². The highest BCUT2D eigenvalue weighted by Gasteiger charge is 2.41. The summed E-state index contributed by atoms with van der Waals surface area (Å²) in [6, 6.07) is 25.7. The quantitative estimate of drug-likeness (QED) is 0.411. The third-order valence-corrected chi connectivity index (χ3v) is 6.41. The van der Waals surface area contributed by atoms with E-state index >= 15 is 0 Å². The number of hydrogen-bond donors (Lipinski definition) is 0. The second-order valence-corrected chi connectivity index (χ2v) is 9.95. The molecule has 0 saturated heterocycles. The van der Waals surface area contributed by atoms with E-state index in [4.69, 9.17) is 9.84 Å². The summed E-state index contributed by atoms with van der Waals surface area (Å²) < 4.78 is 7.56. The van der Waals surface area contributed by atoms with Crippen molar-refractivity contribution in [3.63, 3.8) is 0 Å². The monoisotopic (exact) mass is 460 g/mol. The lowest BCUT2D eigenvalue weighted by Gasteiger charge is -2.38. The van der Waals surface area contributed by atoms with Gasteiger partial charge in [0, 0.05) is 22.0 Å². The Morgan fingerprint density at radius 3 is 2.40 bits per heavy atom. The minimum atomic E-state index is -0.237. The summed E-state index contributed by atoms with van der Waals surface area (Å²) in [4.78, 5) is 0. The molecule has 2 atom stereocenters. The first-order valence-electron chi connectivity index (χ1n) is 10.4. The fourth-order valence-corrected chi connectivity index (χ4v) is 4.61. The number of fused-ring (bicyclic) bond motifs is 3. The molecule has 0 aliphatic carbocycles. The maximum Gasteiger partial charge on any atom is 0.213 e. The van der Waals surface area contributed by atoms with Crippen LogP contribution in [0.5, 0.6) is 5.75 Å². The molecule has 30 heavy (non-hydrogen) atoms. The van der Waals surface area contributed by atoms with Crippen molar-refractivity contribution in [1.82, 2.24) is 5.01 Å². The second-order valence-electron chi connectivity index (χ2n) is 9.04. The number of hydrazone groups is 1. The summed E-state index contributed by atoms with van der Waals surface area (Å²) in [6.07, 6.45) is 0.631. The predicted octanol–water partition coefficient (Wildman–Crippen LogP) is 6.99. The van der Waals surface area contributed by atoms with Gasteiger partial charge < -0.3 is 4.74 Å². The van der Waals surface area contributed by atoms with Gasteiger partial charge in [-0.1, -0.05) is 91.3 Å². The lowest BCUT2D eigenvalue weighted by atomic mass is 9.86. The molecule has 2 aliphatic heterocycles. The molecule has 0 N–H and O–H groups in total. The molecule has 4 heteroatoms. The van der Waals surface area contributed by atoms with Gasteiger partial charge in [0.05, 0.1) is 11.8 Å². The first kappa shape index (κ1) is 19.4. The van der Waals surface area contributed by atoms with Crippen molar-refractivity contribution in [2.24, 2.45) is 5.10 Å². The van der Waals surface area contributed by atoms with Crippen LogP contribution in [0.2, 0.25) is 0 Å². The van der Waals surface area contributed by atoms with Crippen LogP contribution < -0.4 is 4.74 Å². The molecule has 2 heterocycles. The lowest BCUT2D eigenvalue weighted by molar-refractivity contribution is -0.0191. The Balaban J connectivity index is 1.57. The van der Waals surface area contributed by atoms with Crippen LogP contribution in [0.3, 0.4) is 0 Å². The molecule has 152 valence electrons. The SMILES string of the molecule is CC(C)(C)c1ccc(C2Oc3ccc(Br)cc3C3CC(c4ccccc4)=NN32)cc1. The molecule has 0 bridgehead atoms. The maximum absolute atomic E-state index is 6.49. The first-order valence-corrected chi connectivity index (χ1v) is 11.2. The van der Waals surface area contributed by atoms with Gasteiger partial charge in [-0.15, -0.1) is 0 Å². The molecule has 0 aromatic heterocycles. The highest BCUT2D eigenvalue weighted by Crippen LogP contribution is 2.48. The minimum absolute atomic E-state index is 0.125. The molecular formula is C26H25BrN2O. The molecule has 2 aliphatic rings. The van der Waals surface area contributed by atoms with Gasteiger partial charge in [0.15, 0.2) is 0 Å². The average Bonchev–Trinajstić information content (AvgIpc) is 3.19. The smallest absolute Gasteiger partial charge is 0.213 e. The third-order valence-electron chi connectivity index (χ3n) is 5.92. The van der Waals surface area contributed by atoms with Crippen molar-refractivity contribution in [2.45, 2.75) is 44.9 Å². The minimum Gasteiger partial charge on any atom is -0.464 e. The summed E-state index contributed by atoms with van der Waals surface area (Å²) in [5.41, 5.74) is 6.03. The number of rotatable bonds is 2. The molecular weight excluding hydrogens is 436 g/mol. The molecule has 0 amide bonds. The fraction of sp³-hybridized carbons (Fsp3) is 0.269. The van der Waals surface area contributed by atoms with Gasteiger partial charge >= 0.3 is 0 Å². The standard InChI is InChI=1S/C26H25BrN2O/c1-26(2,3)19-11-9-18(10-12-19)25-29-23(21-15-20(27)13-14-24(21)30-25)16-22(28-29)17-7-5-4-6-8-17/h4-15,23,25H,16H2,1-3H3. The molecule has 0 spiro atoms. The molecule has 3 aromatic carbocycles. The van der Waals surface area contributed by atoms with Crippen LogP contribution in [0.15, 0.2) is 82.4 Å². The summed E-state index contributed by atoms with van der Waals surface area (Å²) in [5, 5.41) is 7.19. The number of benzene rings is 3. The zero-order valence-electron chi connectivity index (χ0n) is 17.5. The molecule has 3 nitrogen and oxygen atoms in total. The summed E-state index contributed by atoms with van der Waals surface area (Å²) in [6.45, 7) is 6.71. The van der Waals surface area contributed by atoms with Crippen LogP contribution >= 0.6 is 15.9 Å². The van der Waals surface area contributed by atoms with Crippen LogP contribution in [0.4, 0.5) is 0 Å². The van der Waals surface area contributed by atoms with E-state index < -0.39 is 0 Å². The van der Waals surface area contributed by atoms with Crippen molar-refractivity contribution in [3.8, 4) is 5.75 Å². The Morgan fingerprint density at radius 1 is 0.967 bits per heavy atom. The van der Waals surface area contributed by atoms with E-state index in [1.165, 1.54) is 16.7 Å².